The number of amides is 1. The van der Waals surface area contributed by atoms with Gasteiger partial charge in [-0.05, 0) is 24.5 Å². The summed E-state index contributed by atoms with van der Waals surface area (Å²) in [6, 6.07) is 5.31. The minimum atomic E-state index is -4.34. The predicted octanol–water partition coefficient (Wildman–Crippen LogP) is 1.81. The van der Waals surface area contributed by atoms with Crippen molar-refractivity contribution in [2.75, 3.05) is 13.1 Å². The summed E-state index contributed by atoms with van der Waals surface area (Å²) in [6.45, 7) is 0.225. The van der Waals surface area contributed by atoms with Crippen molar-refractivity contribution in [3.8, 4) is 0 Å². The van der Waals surface area contributed by atoms with Gasteiger partial charge in [0.15, 0.2) is 0 Å². The third-order valence-corrected chi connectivity index (χ3v) is 3.47. The van der Waals surface area contributed by atoms with Crippen molar-refractivity contribution in [1.29, 1.82) is 0 Å². The zero-order chi connectivity index (χ0) is 14.1. The second kappa shape index (κ2) is 4.85. The number of carbonyl (C=O) groups excluding carboxylic acids is 1. The summed E-state index contributed by atoms with van der Waals surface area (Å²) in [5, 5.41) is 2.65. The van der Waals surface area contributed by atoms with Gasteiger partial charge in [-0.1, -0.05) is 18.2 Å². The van der Waals surface area contributed by atoms with Crippen LogP contribution in [0, 0.1) is 0 Å². The van der Waals surface area contributed by atoms with Crippen LogP contribution in [0.15, 0.2) is 24.3 Å². The summed E-state index contributed by atoms with van der Waals surface area (Å²) >= 11 is 0. The minimum absolute atomic E-state index is 0.112. The molecule has 0 unspecified atom stereocenters. The molecular weight excluding hydrogens is 257 g/mol. The Labute approximate surface area is 109 Å². The van der Waals surface area contributed by atoms with Gasteiger partial charge in [-0.25, -0.2) is 0 Å². The predicted molar refractivity (Wildman–Crippen MR) is 64.4 cm³/mol. The summed E-state index contributed by atoms with van der Waals surface area (Å²) in [7, 11) is 0. The topological polar surface area (TPSA) is 55.1 Å². The van der Waals surface area contributed by atoms with E-state index in [4.69, 9.17) is 5.73 Å². The highest BCUT2D eigenvalue weighted by atomic mass is 19.4. The lowest BCUT2D eigenvalue weighted by atomic mass is 9.94. The Morgan fingerprint density at radius 1 is 1.37 bits per heavy atom. The van der Waals surface area contributed by atoms with Gasteiger partial charge in [-0.15, -0.1) is 0 Å². The van der Waals surface area contributed by atoms with Crippen LogP contribution >= 0.6 is 0 Å². The van der Waals surface area contributed by atoms with Crippen LogP contribution in [0.25, 0.3) is 0 Å². The van der Waals surface area contributed by atoms with Crippen LogP contribution in [-0.2, 0) is 16.4 Å². The van der Waals surface area contributed by atoms with Gasteiger partial charge in [-0.3, -0.25) is 4.79 Å². The first-order chi connectivity index (χ1) is 8.87. The van der Waals surface area contributed by atoms with E-state index in [1.807, 2.05) is 0 Å². The number of halogens is 3. The first kappa shape index (κ1) is 13.9. The van der Waals surface area contributed by atoms with Crippen LogP contribution in [-0.4, -0.2) is 19.0 Å². The van der Waals surface area contributed by atoms with E-state index in [-0.39, 0.29) is 17.9 Å². The first-order valence-corrected chi connectivity index (χ1v) is 6.02. The molecule has 3 N–H and O–H groups in total. The van der Waals surface area contributed by atoms with E-state index in [1.54, 1.807) is 6.07 Å². The van der Waals surface area contributed by atoms with E-state index in [0.717, 1.165) is 18.9 Å². The Balaban J connectivity index is 2.15. The molecule has 0 heterocycles. The number of carbonyl (C=O) groups is 1. The lowest BCUT2D eigenvalue weighted by Crippen LogP contribution is -2.36. The van der Waals surface area contributed by atoms with Gasteiger partial charge in [0.25, 0.3) is 0 Å². The molecule has 0 bridgehead atoms. The highest BCUT2D eigenvalue weighted by Crippen LogP contribution is 2.48. The van der Waals surface area contributed by atoms with Crippen molar-refractivity contribution >= 4 is 5.91 Å². The van der Waals surface area contributed by atoms with E-state index in [2.05, 4.69) is 5.32 Å². The van der Waals surface area contributed by atoms with Gasteiger partial charge in [0.2, 0.25) is 5.91 Å². The van der Waals surface area contributed by atoms with Crippen molar-refractivity contribution in [3.05, 3.63) is 35.4 Å². The lowest BCUT2D eigenvalue weighted by molar-refractivity contribution is -0.137. The number of rotatable bonds is 4. The Hall–Kier alpha value is -1.56. The van der Waals surface area contributed by atoms with Crippen LogP contribution in [0.2, 0.25) is 0 Å². The van der Waals surface area contributed by atoms with Crippen molar-refractivity contribution in [1.82, 2.24) is 5.32 Å². The highest BCUT2D eigenvalue weighted by Gasteiger charge is 2.45. The van der Waals surface area contributed by atoms with Gasteiger partial charge < -0.3 is 11.1 Å². The molecule has 0 spiro atoms. The zero-order valence-electron chi connectivity index (χ0n) is 10.3. The SMILES string of the molecule is NCC(=O)NCC1(c2cccc(C(F)(F)F)c2)CC1. The second-order valence-corrected chi connectivity index (χ2v) is 4.84. The maximum atomic E-state index is 12.7. The normalized spacial score (nSPS) is 17.1. The quantitative estimate of drug-likeness (QED) is 0.878. The number of alkyl halides is 3. The monoisotopic (exact) mass is 272 g/mol. The number of benzene rings is 1. The maximum absolute atomic E-state index is 12.7. The van der Waals surface area contributed by atoms with Crippen LogP contribution in [0.5, 0.6) is 0 Å². The van der Waals surface area contributed by atoms with E-state index >= 15 is 0 Å². The molecule has 3 nitrogen and oxygen atoms in total. The molecule has 0 aromatic heterocycles. The molecule has 1 amide bonds. The maximum Gasteiger partial charge on any atom is 0.416 e. The van der Waals surface area contributed by atoms with Crippen LogP contribution in [0.1, 0.15) is 24.0 Å². The standard InChI is InChI=1S/C13H15F3N2O/c14-13(15,16)10-3-1-2-9(6-10)12(4-5-12)8-18-11(19)7-17/h1-3,6H,4-5,7-8,17H2,(H,18,19). The average molecular weight is 272 g/mol. The van der Waals surface area contributed by atoms with Crippen LogP contribution < -0.4 is 11.1 Å². The Morgan fingerprint density at radius 2 is 2.05 bits per heavy atom. The molecule has 1 aliphatic rings. The van der Waals surface area contributed by atoms with Crippen LogP contribution in [0.4, 0.5) is 13.2 Å². The molecule has 1 saturated carbocycles. The largest absolute Gasteiger partial charge is 0.416 e. The van der Waals surface area contributed by atoms with Gasteiger partial charge >= 0.3 is 6.18 Å². The summed E-state index contributed by atoms with van der Waals surface area (Å²) in [4.78, 5) is 11.1. The van der Waals surface area contributed by atoms with Crippen molar-refractivity contribution in [2.45, 2.75) is 24.4 Å². The fourth-order valence-electron chi connectivity index (χ4n) is 2.08. The summed E-state index contributed by atoms with van der Waals surface area (Å²) < 4.78 is 38.0. The second-order valence-electron chi connectivity index (χ2n) is 4.84. The number of nitrogens with one attached hydrogen (secondary N) is 1. The van der Waals surface area contributed by atoms with Crippen molar-refractivity contribution in [2.24, 2.45) is 5.73 Å². The van der Waals surface area contributed by atoms with Crippen molar-refractivity contribution < 1.29 is 18.0 Å². The summed E-state index contributed by atoms with van der Waals surface area (Å²) in [6.07, 6.45) is -2.79. The molecule has 2 rings (SSSR count). The number of hydrogen-bond donors (Lipinski definition) is 2. The average Bonchev–Trinajstić information content (AvgIpc) is 3.16. The van der Waals surface area contributed by atoms with E-state index in [0.29, 0.717) is 12.1 Å². The molecule has 0 aliphatic heterocycles. The van der Waals surface area contributed by atoms with Gasteiger partial charge in [0, 0.05) is 12.0 Å². The van der Waals surface area contributed by atoms with E-state index < -0.39 is 11.7 Å². The highest BCUT2D eigenvalue weighted by molar-refractivity contribution is 5.77. The lowest BCUT2D eigenvalue weighted by Gasteiger charge is -2.18. The number of hydrogen-bond acceptors (Lipinski definition) is 2. The molecular formula is C13H15F3N2O. The van der Waals surface area contributed by atoms with Gasteiger partial charge in [0.05, 0.1) is 12.1 Å². The van der Waals surface area contributed by atoms with E-state index in [9.17, 15) is 18.0 Å². The molecule has 1 fully saturated rings. The molecule has 0 saturated heterocycles. The van der Waals surface area contributed by atoms with Crippen molar-refractivity contribution in [3.63, 3.8) is 0 Å². The molecule has 1 aromatic rings. The Morgan fingerprint density at radius 3 is 2.58 bits per heavy atom. The Kier molecular flexibility index (Phi) is 3.54. The fraction of sp³-hybridized carbons (Fsp3) is 0.462. The molecule has 1 aliphatic carbocycles. The first-order valence-electron chi connectivity index (χ1n) is 6.02. The molecule has 0 radical (unpaired) electrons. The van der Waals surface area contributed by atoms with Gasteiger partial charge in [0.1, 0.15) is 0 Å². The smallest absolute Gasteiger partial charge is 0.354 e. The molecule has 6 heteroatoms. The zero-order valence-corrected chi connectivity index (χ0v) is 10.3. The molecule has 19 heavy (non-hydrogen) atoms. The summed E-state index contributed by atoms with van der Waals surface area (Å²) in [5.41, 5.74) is 4.80. The molecule has 1 aromatic carbocycles. The summed E-state index contributed by atoms with van der Waals surface area (Å²) in [5.74, 6) is -0.293. The molecule has 104 valence electrons. The third-order valence-electron chi connectivity index (χ3n) is 3.47. The third kappa shape index (κ3) is 3.07. The minimum Gasteiger partial charge on any atom is -0.354 e. The number of nitrogens with two attached hydrogens (primary N) is 1. The van der Waals surface area contributed by atoms with Crippen LogP contribution in [0.3, 0.4) is 0 Å². The molecule has 0 atom stereocenters. The van der Waals surface area contributed by atoms with E-state index in [1.165, 1.54) is 12.1 Å². The fourth-order valence-corrected chi connectivity index (χ4v) is 2.08. The van der Waals surface area contributed by atoms with Gasteiger partial charge in [-0.2, -0.15) is 13.2 Å². The Bertz CT molecular complexity index is 481.